The standard InChI is InChI=1S/C12H15NO6S/c1-3-19-12(16)9-5-4-6-10(7-9)13-20(17,18)8(2)11(14)15/h4-8,13H,3H2,1-2H3,(H,14,15). The number of esters is 1. The molecule has 0 heterocycles. The third-order valence-corrected chi connectivity index (χ3v) is 4.10. The highest BCUT2D eigenvalue weighted by atomic mass is 32.2. The molecule has 20 heavy (non-hydrogen) atoms. The Morgan fingerprint density at radius 1 is 1.40 bits per heavy atom. The van der Waals surface area contributed by atoms with Crippen molar-refractivity contribution in [2.75, 3.05) is 11.3 Å². The van der Waals surface area contributed by atoms with Crippen molar-refractivity contribution in [2.45, 2.75) is 19.1 Å². The third-order valence-electron chi connectivity index (χ3n) is 2.45. The molecule has 0 amide bonds. The van der Waals surface area contributed by atoms with Crippen molar-refractivity contribution >= 4 is 27.6 Å². The number of hydrogen-bond donors (Lipinski definition) is 2. The van der Waals surface area contributed by atoms with Crippen LogP contribution in [0.25, 0.3) is 0 Å². The topological polar surface area (TPSA) is 110 Å². The number of carboxylic acid groups (broad SMARTS) is 1. The SMILES string of the molecule is CCOC(=O)c1cccc(NS(=O)(=O)C(C)C(=O)O)c1. The highest BCUT2D eigenvalue weighted by molar-refractivity contribution is 7.94. The summed E-state index contributed by atoms with van der Waals surface area (Å²) in [7, 11) is -4.07. The van der Waals surface area contributed by atoms with Crippen molar-refractivity contribution in [1.82, 2.24) is 0 Å². The van der Waals surface area contributed by atoms with Crippen molar-refractivity contribution in [2.24, 2.45) is 0 Å². The molecular formula is C12H15NO6S. The highest BCUT2D eigenvalue weighted by Gasteiger charge is 2.27. The Labute approximate surface area is 116 Å². The number of carboxylic acids is 1. The first-order valence-corrected chi connectivity index (χ1v) is 7.34. The molecule has 0 aromatic heterocycles. The van der Waals surface area contributed by atoms with Gasteiger partial charge >= 0.3 is 11.9 Å². The van der Waals surface area contributed by atoms with Gasteiger partial charge in [-0.2, -0.15) is 0 Å². The lowest BCUT2D eigenvalue weighted by atomic mass is 10.2. The fourth-order valence-corrected chi connectivity index (χ4v) is 2.21. The number of anilines is 1. The molecule has 2 N–H and O–H groups in total. The molecule has 1 aromatic rings. The number of sulfonamides is 1. The van der Waals surface area contributed by atoms with Gasteiger partial charge in [-0.1, -0.05) is 6.07 Å². The number of carbonyl (C=O) groups excluding carboxylic acids is 1. The zero-order chi connectivity index (χ0) is 15.3. The zero-order valence-electron chi connectivity index (χ0n) is 11.0. The van der Waals surface area contributed by atoms with Gasteiger partial charge in [-0.05, 0) is 32.0 Å². The monoisotopic (exact) mass is 301 g/mol. The Kier molecular flexibility index (Phi) is 5.09. The number of carbonyl (C=O) groups is 2. The van der Waals surface area contributed by atoms with Crippen molar-refractivity contribution in [3.05, 3.63) is 29.8 Å². The minimum absolute atomic E-state index is 0.101. The smallest absolute Gasteiger partial charge is 0.338 e. The molecule has 7 nitrogen and oxygen atoms in total. The molecule has 1 unspecified atom stereocenters. The third kappa shape index (κ3) is 3.95. The molecule has 8 heteroatoms. The van der Waals surface area contributed by atoms with Gasteiger partial charge in [0.15, 0.2) is 5.25 Å². The van der Waals surface area contributed by atoms with Gasteiger partial charge in [-0.25, -0.2) is 13.2 Å². The molecule has 110 valence electrons. The summed E-state index contributed by atoms with van der Waals surface area (Å²) in [5.41, 5.74) is 0.277. The van der Waals surface area contributed by atoms with E-state index in [0.717, 1.165) is 6.92 Å². The van der Waals surface area contributed by atoms with Gasteiger partial charge in [0, 0.05) is 5.69 Å². The van der Waals surface area contributed by atoms with Crippen molar-refractivity contribution in [1.29, 1.82) is 0 Å². The van der Waals surface area contributed by atoms with Crippen LogP contribution in [0.15, 0.2) is 24.3 Å². The second-order valence-electron chi connectivity index (χ2n) is 3.93. The number of hydrogen-bond acceptors (Lipinski definition) is 5. The first-order chi connectivity index (χ1) is 9.27. The maximum absolute atomic E-state index is 11.7. The first-order valence-electron chi connectivity index (χ1n) is 5.79. The van der Waals surface area contributed by atoms with Crippen LogP contribution in [0.3, 0.4) is 0 Å². The van der Waals surface area contributed by atoms with Crippen LogP contribution < -0.4 is 4.72 Å². The van der Waals surface area contributed by atoms with E-state index < -0.39 is 27.2 Å². The Balaban J connectivity index is 2.97. The van der Waals surface area contributed by atoms with Crippen LogP contribution >= 0.6 is 0 Å². The predicted octanol–water partition coefficient (Wildman–Crippen LogP) is 1.08. The van der Waals surface area contributed by atoms with Gasteiger partial charge in [0.25, 0.3) is 0 Å². The molecule has 0 saturated carbocycles. The Hall–Kier alpha value is -2.09. The average Bonchev–Trinajstić information content (AvgIpc) is 2.37. The summed E-state index contributed by atoms with van der Waals surface area (Å²) in [6.07, 6.45) is 0. The van der Waals surface area contributed by atoms with E-state index in [1.54, 1.807) is 6.92 Å². The molecular weight excluding hydrogens is 286 g/mol. The van der Waals surface area contributed by atoms with Gasteiger partial charge < -0.3 is 9.84 Å². The van der Waals surface area contributed by atoms with E-state index >= 15 is 0 Å². The molecule has 1 rings (SSSR count). The summed E-state index contributed by atoms with van der Waals surface area (Å²) >= 11 is 0. The minimum atomic E-state index is -4.07. The van der Waals surface area contributed by atoms with E-state index in [1.807, 2.05) is 0 Å². The summed E-state index contributed by atoms with van der Waals surface area (Å²) in [6.45, 7) is 2.91. The largest absolute Gasteiger partial charge is 0.480 e. The molecule has 0 aliphatic carbocycles. The molecule has 1 aromatic carbocycles. The lowest BCUT2D eigenvalue weighted by Gasteiger charge is -2.11. The fourth-order valence-electron chi connectivity index (χ4n) is 1.31. The molecule has 0 radical (unpaired) electrons. The summed E-state index contributed by atoms with van der Waals surface area (Å²) in [6, 6.07) is 5.63. The summed E-state index contributed by atoms with van der Waals surface area (Å²) in [5.74, 6) is -2.04. The quantitative estimate of drug-likeness (QED) is 0.761. The average molecular weight is 301 g/mol. The second kappa shape index (κ2) is 6.38. The maximum atomic E-state index is 11.7. The van der Waals surface area contributed by atoms with Gasteiger partial charge in [-0.15, -0.1) is 0 Å². The highest BCUT2D eigenvalue weighted by Crippen LogP contribution is 2.15. The lowest BCUT2D eigenvalue weighted by Crippen LogP contribution is -2.32. The normalized spacial score (nSPS) is 12.5. The molecule has 0 aliphatic heterocycles. The molecule has 1 atom stereocenters. The van der Waals surface area contributed by atoms with Crippen LogP contribution in [0.1, 0.15) is 24.2 Å². The van der Waals surface area contributed by atoms with E-state index in [4.69, 9.17) is 9.84 Å². The zero-order valence-corrected chi connectivity index (χ0v) is 11.8. The van der Waals surface area contributed by atoms with Crippen molar-refractivity contribution in [3.63, 3.8) is 0 Å². The summed E-state index contributed by atoms with van der Waals surface area (Å²) < 4.78 is 30.4. The van der Waals surface area contributed by atoms with E-state index in [9.17, 15) is 18.0 Å². The second-order valence-corrected chi connectivity index (χ2v) is 5.93. The minimum Gasteiger partial charge on any atom is -0.480 e. The molecule has 0 spiro atoms. The van der Waals surface area contributed by atoms with Crippen LogP contribution in [-0.4, -0.2) is 37.3 Å². The van der Waals surface area contributed by atoms with Gasteiger partial charge in [0.1, 0.15) is 0 Å². The van der Waals surface area contributed by atoms with Crippen LogP contribution in [0, 0.1) is 0 Å². The fraction of sp³-hybridized carbons (Fsp3) is 0.333. The number of ether oxygens (including phenoxy) is 1. The van der Waals surface area contributed by atoms with E-state index in [1.165, 1.54) is 24.3 Å². The number of nitrogens with one attached hydrogen (secondary N) is 1. The number of rotatable bonds is 6. The van der Waals surface area contributed by atoms with Crippen LogP contribution in [-0.2, 0) is 19.6 Å². The van der Waals surface area contributed by atoms with Gasteiger partial charge in [0.05, 0.1) is 12.2 Å². The van der Waals surface area contributed by atoms with E-state index in [0.29, 0.717) is 0 Å². The van der Waals surface area contributed by atoms with Crippen LogP contribution in [0.4, 0.5) is 5.69 Å². The van der Waals surface area contributed by atoms with E-state index in [-0.39, 0.29) is 17.9 Å². The molecule has 0 saturated heterocycles. The van der Waals surface area contributed by atoms with Crippen molar-refractivity contribution in [3.8, 4) is 0 Å². The van der Waals surface area contributed by atoms with Crippen molar-refractivity contribution < 1.29 is 27.9 Å². The first kappa shape index (κ1) is 16.0. The molecule has 0 bridgehead atoms. The number of aliphatic carboxylic acids is 1. The predicted molar refractivity (Wildman–Crippen MR) is 72.0 cm³/mol. The summed E-state index contributed by atoms with van der Waals surface area (Å²) in [5, 5.41) is 7.11. The lowest BCUT2D eigenvalue weighted by molar-refractivity contribution is -0.136. The van der Waals surface area contributed by atoms with Crippen LogP contribution in [0.5, 0.6) is 0 Å². The molecule has 0 fully saturated rings. The van der Waals surface area contributed by atoms with Gasteiger partial charge in [0.2, 0.25) is 10.0 Å². The summed E-state index contributed by atoms with van der Waals surface area (Å²) in [4.78, 5) is 22.2. The maximum Gasteiger partial charge on any atom is 0.338 e. The van der Waals surface area contributed by atoms with Crippen LogP contribution in [0.2, 0.25) is 0 Å². The van der Waals surface area contributed by atoms with Gasteiger partial charge in [-0.3, -0.25) is 9.52 Å². The molecule has 0 aliphatic rings. The Bertz CT molecular complexity index is 610. The Morgan fingerprint density at radius 3 is 2.60 bits per heavy atom. The van der Waals surface area contributed by atoms with E-state index in [2.05, 4.69) is 4.72 Å². The number of benzene rings is 1. The Morgan fingerprint density at radius 2 is 2.05 bits per heavy atom.